The first kappa shape index (κ1) is 13.5. The van der Waals surface area contributed by atoms with Gasteiger partial charge in [-0.25, -0.2) is 4.98 Å². The monoisotopic (exact) mass is 344 g/mol. The highest BCUT2D eigenvalue weighted by Gasteiger charge is 2.15. The van der Waals surface area contributed by atoms with E-state index in [0.717, 1.165) is 32.0 Å². The number of thiazole rings is 1. The third kappa shape index (κ3) is 2.41. The fraction of sp³-hybridized carbons (Fsp3) is 0.125. The fourth-order valence-electron chi connectivity index (χ4n) is 2.11. The van der Waals surface area contributed by atoms with Gasteiger partial charge in [-0.2, -0.15) is 0 Å². The highest BCUT2D eigenvalue weighted by atomic mass is 79.9. The Morgan fingerprint density at radius 1 is 1.00 bits per heavy atom. The van der Waals surface area contributed by atoms with Gasteiger partial charge in [-0.05, 0) is 31.5 Å². The van der Waals surface area contributed by atoms with Crippen LogP contribution in [0.25, 0.3) is 22.0 Å². The van der Waals surface area contributed by atoms with E-state index in [2.05, 4.69) is 46.9 Å². The lowest BCUT2D eigenvalue weighted by atomic mass is 10.1. The van der Waals surface area contributed by atoms with Gasteiger partial charge in [0.05, 0.1) is 5.69 Å². The van der Waals surface area contributed by atoms with Crippen LogP contribution >= 0.6 is 27.3 Å². The molecule has 0 radical (unpaired) electrons. The van der Waals surface area contributed by atoms with Crippen molar-refractivity contribution in [3.63, 3.8) is 0 Å². The molecule has 0 amide bonds. The minimum absolute atomic E-state index is 0.971. The normalized spacial score (nSPS) is 10.8. The number of aryl methyl sites for hydroxylation is 2. The quantitative estimate of drug-likeness (QED) is 0.634. The van der Waals surface area contributed by atoms with E-state index >= 15 is 0 Å². The molecule has 100 valence electrons. The van der Waals surface area contributed by atoms with Crippen LogP contribution in [0.3, 0.4) is 0 Å². The van der Waals surface area contributed by atoms with E-state index in [1.807, 2.05) is 30.5 Å². The lowest BCUT2D eigenvalue weighted by Gasteiger charge is -2.01. The average molecular weight is 345 g/mol. The summed E-state index contributed by atoms with van der Waals surface area (Å²) in [5.41, 5.74) is 4.28. The Balaban J connectivity index is 2.13. The Hall–Kier alpha value is -1.52. The van der Waals surface area contributed by atoms with Crippen LogP contribution in [0.15, 0.2) is 47.1 Å². The maximum Gasteiger partial charge on any atom is 0.143 e. The molecule has 4 heteroatoms. The van der Waals surface area contributed by atoms with Crippen molar-refractivity contribution in [1.82, 2.24) is 9.97 Å². The van der Waals surface area contributed by atoms with Crippen LogP contribution in [0, 0.1) is 13.8 Å². The van der Waals surface area contributed by atoms with Crippen LogP contribution in [-0.4, -0.2) is 9.97 Å². The molecule has 0 spiro atoms. The summed E-state index contributed by atoms with van der Waals surface area (Å²) in [6.07, 6.45) is 1.82. The highest BCUT2D eigenvalue weighted by Crippen LogP contribution is 2.36. The smallest absolute Gasteiger partial charge is 0.143 e. The van der Waals surface area contributed by atoms with Crippen molar-refractivity contribution in [3.8, 4) is 22.0 Å². The lowest BCUT2D eigenvalue weighted by Crippen LogP contribution is -1.87. The fourth-order valence-corrected chi connectivity index (χ4v) is 3.57. The van der Waals surface area contributed by atoms with E-state index in [0.29, 0.717) is 0 Å². The Morgan fingerprint density at radius 2 is 1.80 bits per heavy atom. The summed E-state index contributed by atoms with van der Waals surface area (Å²) in [6, 6.07) is 12.2. The van der Waals surface area contributed by atoms with Gasteiger partial charge in [-0.3, -0.25) is 4.98 Å². The number of halogens is 1. The minimum Gasteiger partial charge on any atom is -0.253 e. The number of nitrogens with zero attached hydrogens (tertiary/aromatic N) is 2. The van der Waals surface area contributed by atoms with E-state index in [-0.39, 0.29) is 0 Å². The summed E-state index contributed by atoms with van der Waals surface area (Å²) < 4.78 is 1.07. The van der Waals surface area contributed by atoms with Gasteiger partial charge in [0.25, 0.3) is 0 Å². The molecule has 0 fully saturated rings. The first-order chi connectivity index (χ1) is 9.66. The van der Waals surface area contributed by atoms with Crippen molar-refractivity contribution in [2.24, 2.45) is 0 Å². The Kier molecular flexibility index (Phi) is 3.68. The molecule has 0 atom stereocenters. The molecular formula is C16H13BrN2S. The van der Waals surface area contributed by atoms with Gasteiger partial charge in [-0.15, -0.1) is 11.3 Å². The molecule has 3 rings (SSSR count). The van der Waals surface area contributed by atoms with Crippen molar-refractivity contribution < 1.29 is 0 Å². The molecule has 0 N–H and O–H groups in total. The third-order valence-electron chi connectivity index (χ3n) is 3.14. The van der Waals surface area contributed by atoms with Gasteiger partial charge in [-0.1, -0.05) is 40.2 Å². The third-order valence-corrected chi connectivity index (χ3v) is 4.81. The van der Waals surface area contributed by atoms with Gasteiger partial charge in [0, 0.05) is 21.1 Å². The summed E-state index contributed by atoms with van der Waals surface area (Å²) >= 11 is 5.29. The first-order valence-corrected chi connectivity index (χ1v) is 7.92. The van der Waals surface area contributed by atoms with Crippen LogP contribution in [0.5, 0.6) is 0 Å². The number of hydrogen-bond acceptors (Lipinski definition) is 3. The second-order valence-corrected chi connectivity index (χ2v) is 6.63. The molecule has 0 aliphatic heterocycles. The molecule has 0 unspecified atom stereocenters. The van der Waals surface area contributed by atoms with Crippen molar-refractivity contribution in [3.05, 3.63) is 57.5 Å². The molecule has 0 saturated carbocycles. The largest absolute Gasteiger partial charge is 0.253 e. The van der Waals surface area contributed by atoms with Gasteiger partial charge in [0.2, 0.25) is 0 Å². The average Bonchev–Trinajstić information content (AvgIpc) is 2.81. The SMILES string of the molecule is Cc1cccnc1-c1nc(-c2ccccc2Br)c(C)s1. The number of benzene rings is 1. The van der Waals surface area contributed by atoms with Gasteiger partial charge in [0.15, 0.2) is 0 Å². The Bertz CT molecular complexity index is 765. The molecular weight excluding hydrogens is 332 g/mol. The summed E-state index contributed by atoms with van der Waals surface area (Å²) in [4.78, 5) is 10.5. The number of pyridine rings is 1. The van der Waals surface area contributed by atoms with E-state index in [4.69, 9.17) is 4.98 Å². The van der Waals surface area contributed by atoms with E-state index < -0.39 is 0 Å². The second-order valence-electron chi connectivity index (χ2n) is 4.57. The molecule has 20 heavy (non-hydrogen) atoms. The summed E-state index contributed by atoms with van der Waals surface area (Å²) in [6.45, 7) is 4.17. The Labute approximate surface area is 130 Å². The highest BCUT2D eigenvalue weighted by molar-refractivity contribution is 9.10. The zero-order valence-electron chi connectivity index (χ0n) is 11.2. The van der Waals surface area contributed by atoms with Crippen molar-refractivity contribution in [2.45, 2.75) is 13.8 Å². The standard InChI is InChI=1S/C16H13BrN2S/c1-10-6-5-9-18-14(10)16-19-15(11(2)20-16)12-7-3-4-8-13(12)17/h3-9H,1-2H3. The molecule has 0 aliphatic carbocycles. The summed E-state index contributed by atoms with van der Waals surface area (Å²) in [5, 5.41) is 0.978. The van der Waals surface area contributed by atoms with Gasteiger partial charge in [0.1, 0.15) is 10.7 Å². The van der Waals surface area contributed by atoms with Crippen LogP contribution in [0.4, 0.5) is 0 Å². The van der Waals surface area contributed by atoms with Gasteiger partial charge < -0.3 is 0 Å². The molecule has 0 aliphatic rings. The minimum atomic E-state index is 0.971. The van der Waals surface area contributed by atoms with E-state index in [1.54, 1.807) is 11.3 Å². The van der Waals surface area contributed by atoms with Crippen LogP contribution in [0.1, 0.15) is 10.4 Å². The molecule has 1 aromatic carbocycles. The summed E-state index contributed by atoms with van der Waals surface area (Å²) in [7, 11) is 0. The second kappa shape index (κ2) is 5.46. The zero-order valence-corrected chi connectivity index (χ0v) is 13.6. The summed E-state index contributed by atoms with van der Waals surface area (Å²) in [5.74, 6) is 0. The zero-order chi connectivity index (χ0) is 14.1. The molecule has 2 nitrogen and oxygen atoms in total. The molecule has 3 aromatic rings. The maximum atomic E-state index is 4.80. The number of aromatic nitrogens is 2. The molecule has 2 heterocycles. The topological polar surface area (TPSA) is 25.8 Å². The van der Waals surface area contributed by atoms with Crippen LogP contribution < -0.4 is 0 Å². The lowest BCUT2D eigenvalue weighted by molar-refractivity contribution is 1.24. The molecule has 0 saturated heterocycles. The van der Waals surface area contributed by atoms with Crippen molar-refractivity contribution >= 4 is 27.3 Å². The van der Waals surface area contributed by atoms with E-state index in [1.165, 1.54) is 4.88 Å². The van der Waals surface area contributed by atoms with Crippen LogP contribution in [-0.2, 0) is 0 Å². The van der Waals surface area contributed by atoms with Crippen molar-refractivity contribution in [1.29, 1.82) is 0 Å². The molecule has 0 bridgehead atoms. The Morgan fingerprint density at radius 3 is 2.55 bits per heavy atom. The number of hydrogen-bond donors (Lipinski definition) is 0. The van der Waals surface area contributed by atoms with Gasteiger partial charge >= 0.3 is 0 Å². The molecule has 2 aromatic heterocycles. The number of rotatable bonds is 2. The predicted octanol–water partition coefficient (Wildman–Crippen LogP) is 5.25. The maximum absolute atomic E-state index is 4.80. The van der Waals surface area contributed by atoms with Crippen molar-refractivity contribution in [2.75, 3.05) is 0 Å². The predicted molar refractivity (Wildman–Crippen MR) is 88.0 cm³/mol. The van der Waals surface area contributed by atoms with Crippen LogP contribution in [0.2, 0.25) is 0 Å². The van der Waals surface area contributed by atoms with E-state index in [9.17, 15) is 0 Å². The first-order valence-electron chi connectivity index (χ1n) is 6.31.